The third-order valence-corrected chi connectivity index (χ3v) is 7.00. The van der Waals surface area contributed by atoms with Gasteiger partial charge in [0.15, 0.2) is 0 Å². The second-order valence-electron chi connectivity index (χ2n) is 6.30. The van der Waals surface area contributed by atoms with Crippen LogP contribution in [0.2, 0.25) is 5.02 Å². The molecule has 2 aromatic rings. The number of carbonyl (C=O) groups excluding carboxylic acids is 1. The van der Waals surface area contributed by atoms with Crippen LogP contribution in [0.15, 0.2) is 51.8 Å². The first-order valence-electron chi connectivity index (χ1n) is 9.16. The van der Waals surface area contributed by atoms with Crippen LogP contribution in [-0.4, -0.2) is 38.3 Å². The minimum Gasteiger partial charge on any atom is -0.492 e. The highest BCUT2D eigenvalue weighted by atomic mass is 79.9. The first kappa shape index (κ1) is 23.7. The van der Waals surface area contributed by atoms with E-state index in [1.165, 1.54) is 18.2 Å². The predicted molar refractivity (Wildman–Crippen MR) is 118 cm³/mol. The van der Waals surface area contributed by atoms with Crippen molar-refractivity contribution in [3.8, 4) is 5.75 Å². The maximum atomic E-state index is 13.0. The number of likely N-dealkylation sites (N-methyl/N-ethyl adjacent to an activating group) is 1. The summed E-state index contributed by atoms with van der Waals surface area (Å²) in [7, 11) is -3.88. The van der Waals surface area contributed by atoms with Crippen LogP contribution in [-0.2, 0) is 14.8 Å². The smallest absolute Gasteiger partial charge is 0.243 e. The summed E-state index contributed by atoms with van der Waals surface area (Å²) in [4.78, 5) is 12.5. The molecule has 0 aromatic heterocycles. The van der Waals surface area contributed by atoms with Crippen LogP contribution in [0.4, 0.5) is 0 Å². The van der Waals surface area contributed by atoms with Crippen LogP contribution < -0.4 is 10.1 Å². The zero-order chi connectivity index (χ0) is 21.6. The molecule has 0 heterocycles. The first-order valence-corrected chi connectivity index (χ1v) is 11.8. The standard InChI is InChI=1S/C20H24BrClN2O4S/c1-4-24(13-20(25)23-14(3)15-6-8-16(21)9-7-15)29(26,27)17-10-11-19(28-5-2)18(22)12-17/h6-12,14H,4-5,13H2,1-3H3,(H,23,25)/t14-/m1/s1. The minimum absolute atomic E-state index is 0.0153. The van der Waals surface area contributed by atoms with E-state index in [1.807, 2.05) is 38.1 Å². The number of carbonyl (C=O) groups is 1. The number of rotatable bonds is 9. The van der Waals surface area contributed by atoms with Crippen LogP contribution in [0.1, 0.15) is 32.4 Å². The van der Waals surface area contributed by atoms with Crippen LogP contribution in [0.25, 0.3) is 0 Å². The quantitative estimate of drug-likeness (QED) is 0.551. The highest BCUT2D eigenvalue weighted by Gasteiger charge is 2.26. The monoisotopic (exact) mass is 502 g/mol. The highest BCUT2D eigenvalue weighted by Crippen LogP contribution is 2.28. The van der Waals surface area contributed by atoms with E-state index >= 15 is 0 Å². The zero-order valence-corrected chi connectivity index (χ0v) is 19.6. The van der Waals surface area contributed by atoms with Crippen LogP contribution >= 0.6 is 27.5 Å². The summed E-state index contributed by atoms with van der Waals surface area (Å²) >= 11 is 9.50. The lowest BCUT2D eigenvalue weighted by atomic mass is 10.1. The summed E-state index contributed by atoms with van der Waals surface area (Å²) in [6.07, 6.45) is 0. The van der Waals surface area contributed by atoms with E-state index in [1.54, 1.807) is 6.92 Å². The molecular weight excluding hydrogens is 480 g/mol. The van der Waals surface area contributed by atoms with Gasteiger partial charge in [-0.2, -0.15) is 4.31 Å². The summed E-state index contributed by atoms with van der Waals surface area (Å²) in [6.45, 7) is 5.62. The molecule has 0 aliphatic rings. The normalized spacial score (nSPS) is 12.6. The number of nitrogens with one attached hydrogen (secondary N) is 1. The summed E-state index contributed by atoms with van der Waals surface area (Å²) < 4.78 is 33.3. The van der Waals surface area contributed by atoms with Crippen molar-refractivity contribution < 1.29 is 17.9 Å². The lowest BCUT2D eigenvalue weighted by Gasteiger charge is -2.22. The van der Waals surface area contributed by atoms with Crippen molar-refractivity contribution in [3.05, 3.63) is 57.5 Å². The minimum atomic E-state index is -3.88. The van der Waals surface area contributed by atoms with Gasteiger partial charge in [-0.15, -0.1) is 0 Å². The van der Waals surface area contributed by atoms with Crippen molar-refractivity contribution in [2.45, 2.75) is 31.7 Å². The van der Waals surface area contributed by atoms with E-state index in [0.717, 1.165) is 14.3 Å². The Morgan fingerprint density at radius 2 is 1.86 bits per heavy atom. The molecule has 29 heavy (non-hydrogen) atoms. The van der Waals surface area contributed by atoms with Gasteiger partial charge in [0.2, 0.25) is 15.9 Å². The van der Waals surface area contributed by atoms with Crippen molar-refractivity contribution in [2.75, 3.05) is 19.7 Å². The van der Waals surface area contributed by atoms with E-state index in [-0.39, 0.29) is 35.0 Å². The van der Waals surface area contributed by atoms with Crippen molar-refractivity contribution in [2.24, 2.45) is 0 Å². The topological polar surface area (TPSA) is 75.7 Å². The van der Waals surface area contributed by atoms with E-state index < -0.39 is 10.0 Å². The third kappa shape index (κ3) is 6.18. The number of hydrogen-bond acceptors (Lipinski definition) is 4. The van der Waals surface area contributed by atoms with Crippen molar-refractivity contribution in [1.82, 2.24) is 9.62 Å². The lowest BCUT2D eigenvalue weighted by molar-refractivity contribution is -0.121. The van der Waals surface area contributed by atoms with E-state index in [0.29, 0.717) is 12.4 Å². The number of halogens is 2. The molecule has 2 rings (SSSR count). The Kier molecular flexibility index (Phi) is 8.51. The fourth-order valence-corrected chi connectivity index (χ4v) is 4.71. The molecule has 0 spiro atoms. The fourth-order valence-electron chi connectivity index (χ4n) is 2.71. The van der Waals surface area contributed by atoms with Crippen LogP contribution in [0.3, 0.4) is 0 Å². The van der Waals surface area contributed by atoms with Gasteiger partial charge in [0.05, 0.1) is 29.1 Å². The Bertz CT molecular complexity index is 951. The Balaban J connectivity index is 2.12. The molecule has 1 amide bonds. The van der Waals surface area contributed by atoms with E-state index in [2.05, 4.69) is 21.2 Å². The third-order valence-electron chi connectivity index (χ3n) is 4.26. The maximum Gasteiger partial charge on any atom is 0.243 e. The summed E-state index contributed by atoms with van der Waals surface area (Å²) in [5.41, 5.74) is 0.922. The molecule has 0 radical (unpaired) electrons. The molecule has 0 aliphatic heterocycles. The molecule has 1 atom stereocenters. The van der Waals surface area contributed by atoms with Gasteiger partial charge in [-0.3, -0.25) is 4.79 Å². The van der Waals surface area contributed by atoms with Gasteiger partial charge in [0, 0.05) is 11.0 Å². The van der Waals surface area contributed by atoms with Gasteiger partial charge in [0.25, 0.3) is 0 Å². The molecule has 6 nitrogen and oxygen atoms in total. The molecule has 1 N–H and O–H groups in total. The SMILES string of the molecule is CCOc1ccc(S(=O)(=O)N(CC)CC(=O)N[C@H](C)c2ccc(Br)cc2)cc1Cl. The molecule has 0 unspecified atom stereocenters. The molecule has 0 bridgehead atoms. The number of ether oxygens (including phenoxy) is 1. The van der Waals surface area contributed by atoms with Crippen LogP contribution in [0.5, 0.6) is 5.75 Å². The zero-order valence-electron chi connectivity index (χ0n) is 16.5. The molecule has 0 saturated carbocycles. The molecule has 9 heteroatoms. The Labute approximate surface area is 185 Å². The Morgan fingerprint density at radius 3 is 2.41 bits per heavy atom. The van der Waals surface area contributed by atoms with Gasteiger partial charge in [-0.25, -0.2) is 8.42 Å². The van der Waals surface area contributed by atoms with Gasteiger partial charge in [0.1, 0.15) is 5.75 Å². The Hall–Kier alpha value is -1.61. The van der Waals surface area contributed by atoms with E-state index in [9.17, 15) is 13.2 Å². The number of sulfonamides is 1. The molecular formula is C20H24BrClN2O4S. The maximum absolute atomic E-state index is 13.0. The number of nitrogens with zero attached hydrogens (tertiary/aromatic N) is 1. The number of benzene rings is 2. The van der Waals surface area contributed by atoms with Crippen molar-refractivity contribution in [1.29, 1.82) is 0 Å². The largest absolute Gasteiger partial charge is 0.492 e. The van der Waals surface area contributed by atoms with Crippen LogP contribution in [0, 0.1) is 0 Å². The summed E-state index contributed by atoms with van der Waals surface area (Å²) in [5.74, 6) is 0.0279. The number of amides is 1. The van der Waals surface area contributed by atoms with Crippen molar-refractivity contribution in [3.63, 3.8) is 0 Å². The Morgan fingerprint density at radius 1 is 1.21 bits per heavy atom. The van der Waals surface area contributed by atoms with E-state index in [4.69, 9.17) is 16.3 Å². The highest BCUT2D eigenvalue weighted by molar-refractivity contribution is 9.10. The molecule has 0 fully saturated rings. The molecule has 2 aromatic carbocycles. The molecule has 158 valence electrons. The fraction of sp³-hybridized carbons (Fsp3) is 0.350. The summed E-state index contributed by atoms with van der Waals surface area (Å²) in [6, 6.07) is 11.6. The number of hydrogen-bond donors (Lipinski definition) is 1. The second kappa shape index (κ2) is 10.4. The van der Waals surface area contributed by atoms with Crippen molar-refractivity contribution >= 4 is 43.5 Å². The molecule has 0 saturated heterocycles. The van der Waals surface area contributed by atoms with Gasteiger partial charge < -0.3 is 10.1 Å². The second-order valence-corrected chi connectivity index (χ2v) is 9.56. The average molecular weight is 504 g/mol. The lowest BCUT2D eigenvalue weighted by Crippen LogP contribution is -2.41. The van der Waals surface area contributed by atoms with Gasteiger partial charge in [-0.05, 0) is 49.7 Å². The van der Waals surface area contributed by atoms with Gasteiger partial charge >= 0.3 is 0 Å². The average Bonchev–Trinajstić information content (AvgIpc) is 2.68. The summed E-state index contributed by atoms with van der Waals surface area (Å²) in [5, 5.41) is 3.04. The first-order chi connectivity index (χ1) is 13.7. The molecule has 0 aliphatic carbocycles. The predicted octanol–water partition coefficient (Wildman–Crippen LogP) is 4.39. The van der Waals surface area contributed by atoms with Gasteiger partial charge in [-0.1, -0.05) is 46.6 Å².